The monoisotopic (exact) mass is 349 g/mol. The van der Waals surface area contributed by atoms with Crippen LogP contribution in [0.2, 0.25) is 0 Å². The van der Waals surface area contributed by atoms with Crippen LogP contribution in [0.3, 0.4) is 0 Å². The Bertz CT molecular complexity index is 1070. The number of rotatable bonds is 4. The molecule has 0 aliphatic carbocycles. The molecule has 0 saturated heterocycles. The topological polar surface area (TPSA) is 94.0 Å². The van der Waals surface area contributed by atoms with E-state index in [2.05, 4.69) is 30.5 Å². The van der Waals surface area contributed by atoms with Gasteiger partial charge >= 0.3 is 0 Å². The number of fused-ring (bicyclic) bond motifs is 1. The van der Waals surface area contributed by atoms with Gasteiger partial charge < -0.3 is 9.84 Å². The summed E-state index contributed by atoms with van der Waals surface area (Å²) in [4.78, 5) is 13.1. The first-order valence-electron chi connectivity index (χ1n) is 8.37. The number of nitrogens with zero attached hydrogens (tertiary/aromatic N) is 6. The summed E-state index contributed by atoms with van der Waals surface area (Å²) in [5, 5.41) is 12.0. The molecule has 0 aliphatic rings. The second kappa shape index (κ2) is 6.21. The summed E-state index contributed by atoms with van der Waals surface area (Å²) in [5.41, 5.74) is 4.60. The van der Waals surface area contributed by atoms with E-state index >= 15 is 0 Å². The van der Waals surface area contributed by atoms with E-state index in [1.165, 1.54) is 0 Å². The van der Waals surface area contributed by atoms with Gasteiger partial charge in [0.2, 0.25) is 11.7 Å². The lowest BCUT2D eigenvalue weighted by Gasteiger charge is -2.13. The summed E-state index contributed by atoms with van der Waals surface area (Å²) in [6, 6.07) is 5.49. The first kappa shape index (κ1) is 16.2. The zero-order valence-electron chi connectivity index (χ0n) is 15.1. The third-order valence-electron chi connectivity index (χ3n) is 4.28. The lowest BCUT2D eigenvalue weighted by molar-refractivity contribution is 0.367. The summed E-state index contributed by atoms with van der Waals surface area (Å²) in [5.74, 6) is 1.84. The number of aryl methyl sites for hydroxylation is 3. The highest BCUT2D eigenvalue weighted by Gasteiger charge is 2.18. The molecule has 4 aromatic rings. The maximum absolute atomic E-state index is 5.43. The number of pyridine rings is 1. The molecule has 132 valence electrons. The Morgan fingerprint density at radius 3 is 2.81 bits per heavy atom. The maximum Gasteiger partial charge on any atom is 0.249 e. The average molecular weight is 349 g/mol. The maximum atomic E-state index is 5.43. The van der Waals surface area contributed by atoms with Crippen LogP contribution in [0.25, 0.3) is 17.0 Å². The molecule has 0 aliphatic heterocycles. The summed E-state index contributed by atoms with van der Waals surface area (Å²) in [7, 11) is 0. The zero-order valence-corrected chi connectivity index (χ0v) is 15.1. The van der Waals surface area contributed by atoms with Gasteiger partial charge in [-0.3, -0.25) is 4.98 Å². The molecule has 0 spiro atoms. The molecule has 0 aromatic carbocycles. The van der Waals surface area contributed by atoms with Crippen LogP contribution < -0.4 is 5.32 Å². The molecule has 0 radical (unpaired) electrons. The number of aromatic nitrogens is 6. The molecule has 0 bridgehead atoms. The van der Waals surface area contributed by atoms with Crippen molar-refractivity contribution in [2.24, 2.45) is 0 Å². The van der Waals surface area contributed by atoms with Crippen molar-refractivity contribution < 1.29 is 4.52 Å². The van der Waals surface area contributed by atoms with E-state index in [1.54, 1.807) is 12.4 Å². The number of hydrogen-bond acceptors (Lipinski definition) is 7. The minimum atomic E-state index is -0.192. The molecular formula is C18H19N7O. The van der Waals surface area contributed by atoms with Gasteiger partial charge in [0.05, 0.1) is 5.69 Å². The predicted octanol–water partition coefficient (Wildman–Crippen LogP) is 3.27. The van der Waals surface area contributed by atoms with E-state index < -0.39 is 0 Å². The fourth-order valence-corrected chi connectivity index (χ4v) is 2.76. The molecule has 4 rings (SSSR count). The highest BCUT2D eigenvalue weighted by molar-refractivity contribution is 5.56. The second-order valence-corrected chi connectivity index (χ2v) is 6.29. The minimum Gasteiger partial charge on any atom is -0.358 e. The van der Waals surface area contributed by atoms with Crippen molar-refractivity contribution in [1.29, 1.82) is 0 Å². The Morgan fingerprint density at radius 2 is 2.04 bits per heavy atom. The van der Waals surface area contributed by atoms with Crippen molar-refractivity contribution in [2.75, 3.05) is 5.32 Å². The largest absolute Gasteiger partial charge is 0.358 e. The average Bonchev–Trinajstić information content (AvgIpc) is 3.23. The van der Waals surface area contributed by atoms with Crippen LogP contribution in [0, 0.1) is 20.8 Å². The van der Waals surface area contributed by atoms with E-state index in [4.69, 9.17) is 4.52 Å². The number of nitrogens with one attached hydrogen (secondary N) is 1. The molecule has 4 aromatic heterocycles. The summed E-state index contributed by atoms with van der Waals surface area (Å²) >= 11 is 0. The standard InChI is InChI=1S/C18H19N7O/c1-10-8-15(25-17(20-10)11(2)12(3)23-25)21-13(4)18-22-16(24-26-18)14-6-5-7-19-9-14/h5-9,13,21H,1-4H3. The summed E-state index contributed by atoms with van der Waals surface area (Å²) in [6.45, 7) is 7.93. The van der Waals surface area contributed by atoms with Crippen LogP contribution >= 0.6 is 0 Å². The SMILES string of the molecule is Cc1cc(NC(C)c2nc(-c3cccnc3)no2)n2nc(C)c(C)c2n1. The predicted molar refractivity (Wildman–Crippen MR) is 96.8 cm³/mol. The van der Waals surface area contributed by atoms with Crippen LogP contribution in [0.5, 0.6) is 0 Å². The van der Waals surface area contributed by atoms with Gasteiger partial charge in [-0.05, 0) is 39.8 Å². The molecule has 0 saturated carbocycles. The van der Waals surface area contributed by atoms with Gasteiger partial charge in [-0.1, -0.05) is 5.16 Å². The van der Waals surface area contributed by atoms with Gasteiger partial charge in [0.15, 0.2) is 5.65 Å². The van der Waals surface area contributed by atoms with E-state index in [0.717, 1.165) is 34.0 Å². The lowest BCUT2D eigenvalue weighted by atomic mass is 10.2. The molecule has 0 fully saturated rings. The Kier molecular flexibility index (Phi) is 3.87. The first-order valence-corrected chi connectivity index (χ1v) is 8.37. The molecule has 1 unspecified atom stereocenters. The van der Waals surface area contributed by atoms with Crippen LogP contribution in [0.15, 0.2) is 35.1 Å². The quantitative estimate of drug-likeness (QED) is 0.604. The van der Waals surface area contributed by atoms with Gasteiger partial charge in [0.1, 0.15) is 11.9 Å². The molecule has 1 N–H and O–H groups in total. The molecule has 4 heterocycles. The fourth-order valence-electron chi connectivity index (χ4n) is 2.76. The Morgan fingerprint density at radius 1 is 1.19 bits per heavy atom. The van der Waals surface area contributed by atoms with E-state index in [9.17, 15) is 0 Å². The Balaban J connectivity index is 1.65. The zero-order chi connectivity index (χ0) is 18.3. The van der Waals surface area contributed by atoms with E-state index in [0.29, 0.717) is 11.7 Å². The van der Waals surface area contributed by atoms with Crippen molar-refractivity contribution in [2.45, 2.75) is 33.7 Å². The van der Waals surface area contributed by atoms with Crippen molar-refractivity contribution >= 4 is 11.5 Å². The summed E-state index contributed by atoms with van der Waals surface area (Å²) in [6.07, 6.45) is 3.41. The third kappa shape index (κ3) is 2.79. The highest BCUT2D eigenvalue weighted by atomic mass is 16.5. The molecule has 26 heavy (non-hydrogen) atoms. The molecule has 8 nitrogen and oxygen atoms in total. The van der Waals surface area contributed by atoms with Crippen LogP contribution in [0.1, 0.15) is 35.8 Å². The number of anilines is 1. The normalized spacial score (nSPS) is 12.5. The van der Waals surface area contributed by atoms with Gasteiger partial charge in [-0.15, -0.1) is 0 Å². The molecule has 8 heteroatoms. The highest BCUT2D eigenvalue weighted by Crippen LogP contribution is 2.23. The van der Waals surface area contributed by atoms with Gasteiger partial charge in [0, 0.05) is 35.3 Å². The third-order valence-corrected chi connectivity index (χ3v) is 4.28. The van der Waals surface area contributed by atoms with Gasteiger partial charge in [0.25, 0.3) is 0 Å². The van der Waals surface area contributed by atoms with Crippen molar-refractivity contribution in [1.82, 2.24) is 29.7 Å². The van der Waals surface area contributed by atoms with E-state index in [1.807, 2.05) is 50.4 Å². The summed E-state index contributed by atoms with van der Waals surface area (Å²) < 4.78 is 7.24. The molecular weight excluding hydrogens is 330 g/mol. The fraction of sp³-hybridized carbons (Fsp3) is 0.278. The smallest absolute Gasteiger partial charge is 0.249 e. The first-order chi connectivity index (χ1) is 12.5. The van der Waals surface area contributed by atoms with Crippen LogP contribution in [-0.2, 0) is 0 Å². The van der Waals surface area contributed by atoms with Crippen molar-refractivity contribution in [3.8, 4) is 11.4 Å². The minimum absolute atomic E-state index is 0.192. The van der Waals surface area contributed by atoms with E-state index in [-0.39, 0.29) is 6.04 Å². The molecule has 1 atom stereocenters. The van der Waals surface area contributed by atoms with Crippen LogP contribution in [0.4, 0.5) is 5.82 Å². The second-order valence-electron chi connectivity index (χ2n) is 6.29. The van der Waals surface area contributed by atoms with Gasteiger partial charge in [-0.2, -0.15) is 14.6 Å². The lowest BCUT2D eigenvalue weighted by Crippen LogP contribution is -2.11. The van der Waals surface area contributed by atoms with Crippen LogP contribution in [-0.4, -0.2) is 29.7 Å². The molecule has 0 amide bonds. The van der Waals surface area contributed by atoms with Crippen molar-refractivity contribution in [3.63, 3.8) is 0 Å². The number of hydrogen-bond donors (Lipinski definition) is 1. The Labute approximate surface area is 150 Å². The van der Waals surface area contributed by atoms with Crippen molar-refractivity contribution in [3.05, 3.63) is 53.4 Å². The Hall–Kier alpha value is -3.29. The van der Waals surface area contributed by atoms with Gasteiger partial charge in [-0.25, -0.2) is 4.98 Å².